The predicted octanol–water partition coefficient (Wildman–Crippen LogP) is 5.08. The summed E-state index contributed by atoms with van der Waals surface area (Å²) in [6.45, 7) is 7.35. The summed E-state index contributed by atoms with van der Waals surface area (Å²) >= 11 is 0. The molecular formula is C46H57F4N5O12S. The van der Waals surface area contributed by atoms with Crippen LogP contribution in [-0.4, -0.2) is 140 Å². The van der Waals surface area contributed by atoms with Crippen molar-refractivity contribution < 1.29 is 73.6 Å². The highest BCUT2D eigenvalue weighted by Crippen LogP contribution is 2.34. The summed E-state index contributed by atoms with van der Waals surface area (Å²) in [6.07, 6.45) is 2.35. The number of rotatable bonds is 29. The molecule has 2 heterocycles. The van der Waals surface area contributed by atoms with Crippen molar-refractivity contribution in [1.29, 1.82) is 0 Å². The molecule has 22 heteroatoms. The Balaban J connectivity index is 0.882. The van der Waals surface area contributed by atoms with Crippen molar-refractivity contribution in [3.8, 4) is 16.9 Å². The van der Waals surface area contributed by atoms with Gasteiger partial charge in [-0.25, -0.2) is 27.3 Å². The van der Waals surface area contributed by atoms with Crippen LogP contribution >= 0.6 is 0 Å². The van der Waals surface area contributed by atoms with E-state index in [1.165, 1.54) is 9.37 Å². The number of carbonyl (C=O) groups excluding carboxylic acids is 3. The van der Waals surface area contributed by atoms with E-state index in [-0.39, 0.29) is 113 Å². The number of carbonyl (C=O) groups is 3. The first-order valence-electron chi connectivity index (χ1n) is 22.1. The number of esters is 1. The Hall–Kier alpha value is -5.33. The van der Waals surface area contributed by atoms with Gasteiger partial charge in [0, 0.05) is 62.1 Å². The van der Waals surface area contributed by atoms with Gasteiger partial charge >= 0.3 is 5.97 Å². The van der Waals surface area contributed by atoms with Gasteiger partial charge in [-0.2, -0.15) is 13.1 Å². The van der Waals surface area contributed by atoms with Crippen molar-refractivity contribution in [2.45, 2.75) is 44.4 Å². The number of benzene rings is 3. The van der Waals surface area contributed by atoms with Gasteiger partial charge in [-0.05, 0) is 48.7 Å². The third-order valence-corrected chi connectivity index (χ3v) is 12.1. The highest BCUT2D eigenvalue weighted by Gasteiger charge is 2.37. The summed E-state index contributed by atoms with van der Waals surface area (Å²) in [7, 11) is -3.80. The lowest BCUT2D eigenvalue weighted by molar-refractivity contribution is -0.180. The van der Waals surface area contributed by atoms with Gasteiger partial charge < -0.3 is 39.5 Å². The summed E-state index contributed by atoms with van der Waals surface area (Å²) in [5, 5.41) is 4.19. The Bertz CT molecular complexity index is 2340. The van der Waals surface area contributed by atoms with E-state index in [1.54, 1.807) is 24.3 Å². The smallest absolute Gasteiger partial charge is 0.313 e. The van der Waals surface area contributed by atoms with Crippen molar-refractivity contribution in [3.05, 3.63) is 82.9 Å². The third-order valence-electron chi connectivity index (χ3n) is 10.2. The van der Waals surface area contributed by atoms with E-state index in [0.29, 0.717) is 55.3 Å². The number of hydrogen-bond acceptors (Lipinski definition) is 14. The summed E-state index contributed by atoms with van der Waals surface area (Å²) < 4.78 is 113. The molecule has 0 radical (unpaired) electrons. The summed E-state index contributed by atoms with van der Waals surface area (Å²) in [4.78, 5) is 47.6. The molecule has 2 aliphatic rings. The Kier molecular flexibility index (Phi) is 21.3. The zero-order valence-corrected chi connectivity index (χ0v) is 38.8. The van der Waals surface area contributed by atoms with Crippen LogP contribution < -0.4 is 15.8 Å². The average Bonchev–Trinajstić information content (AvgIpc) is 3.47. The molecular weight excluding hydrogens is 923 g/mol. The zero-order chi connectivity index (χ0) is 49.1. The summed E-state index contributed by atoms with van der Waals surface area (Å²) in [5.41, 5.74) is 9.35. The van der Waals surface area contributed by atoms with E-state index in [4.69, 9.17) is 34.3 Å². The van der Waals surface area contributed by atoms with Crippen molar-refractivity contribution in [3.63, 3.8) is 0 Å². The van der Waals surface area contributed by atoms with Crippen molar-refractivity contribution in [2.75, 3.05) is 98.9 Å². The highest BCUT2D eigenvalue weighted by molar-refractivity contribution is 7.89. The molecule has 5 rings (SSSR count). The molecule has 1 fully saturated rings. The molecule has 0 bridgehead atoms. The van der Waals surface area contributed by atoms with E-state index >= 15 is 0 Å². The maximum absolute atomic E-state index is 13.6. The van der Waals surface area contributed by atoms with Gasteiger partial charge in [-0.15, -0.1) is 0 Å². The van der Waals surface area contributed by atoms with E-state index in [0.717, 1.165) is 12.0 Å². The monoisotopic (exact) mass is 979 g/mol. The molecule has 68 heavy (non-hydrogen) atoms. The number of ether oxygens (including phenoxy) is 6. The molecule has 0 saturated carbocycles. The van der Waals surface area contributed by atoms with Crippen molar-refractivity contribution in [2.24, 2.45) is 16.6 Å². The molecule has 2 aliphatic heterocycles. The minimum Gasteiger partial charge on any atom is -0.420 e. The number of amidine groups is 1. The lowest BCUT2D eigenvalue weighted by Crippen LogP contribution is -2.53. The first kappa shape index (κ1) is 53.6. The number of halogens is 4. The predicted molar refractivity (Wildman–Crippen MR) is 240 cm³/mol. The Morgan fingerprint density at radius 2 is 1.38 bits per heavy atom. The number of sulfonamides is 1. The SMILES string of the molecule is CCCN(OCC)C(=O)C1=Cc2ccc(-c3cccc(S(=O)(=O)N4CC(CNC(=O)CCOCCOCCOCCOCCOCCC(=O)Oc5c(F)c(F)cc(F)c5F)C4)c3)cc2N=C(N)C1. The second-order valence-corrected chi connectivity index (χ2v) is 17.3. The molecule has 0 unspecified atom stereocenters. The van der Waals surface area contributed by atoms with Gasteiger partial charge in [0.1, 0.15) is 5.84 Å². The summed E-state index contributed by atoms with van der Waals surface area (Å²) in [5.74, 6) is -9.86. The largest absolute Gasteiger partial charge is 0.420 e. The lowest BCUT2D eigenvalue weighted by Gasteiger charge is -2.38. The molecule has 3 aromatic rings. The minimum atomic E-state index is -3.80. The fourth-order valence-corrected chi connectivity index (χ4v) is 8.38. The second-order valence-electron chi connectivity index (χ2n) is 15.4. The number of aliphatic imine (C=N–C) groups is 1. The topological polar surface area (TPSA) is 207 Å². The average molecular weight is 980 g/mol. The molecule has 3 N–H and O–H groups in total. The van der Waals surface area contributed by atoms with Crippen molar-refractivity contribution in [1.82, 2.24) is 14.7 Å². The van der Waals surface area contributed by atoms with Crippen LogP contribution in [0.5, 0.6) is 5.75 Å². The van der Waals surface area contributed by atoms with Crippen LogP contribution in [0.1, 0.15) is 45.1 Å². The zero-order valence-electron chi connectivity index (χ0n) is 37.9. The number of amides is 2. The van der Waals surface area contributed by atoms with Crippen LogP contribution in [0.2, 0.25) is 0 Å². The Morgan fingerprint density at radius 1 is 0.794 bits per heavy atom. The number of nitrogens with one attached hydrogen (secondary N) is 1. The Labute approximate surface area is 392 Å². The highest BCUT2D eigenvalue weighted by atomic mass is 32.2. The molecule has 2 amide bonds. The van der Waals surface area contributed by atoms with Gasteiger partial charge in [-0.3, -0.25) is 19.2 Å². The molecule has 372 valence electrons. The quantitative estimate of drug-likeness (QED) is 0.0233. The molecule has 0 spiro atoms. The minimum absolute atomic E-state index is 0.00567. The second kappa shape index (κ2) is 27.0. The number of hydroxylamine groups is 2. The molecule has 0 atom stereocenters. The number of hydrogen-bond donors (Lipinski definition) is 2. The van der Waals surface area contributed by atoms with Gasteiger partial charge in [-0.1, -0.05) is 31.2 Å². The molecule has 0 aliphatic carbocycles. The van der Waals surface area contributed by atoms with E-state index < -0.39 is 51.4 Å². The van der Waals surface area contributed by atoms with Crippen molar-refractivity contribution >= 4 is 45.4 Å². The van der Waals surface area contributed by atoms with Crippen LogP contribution in [0, 0.1) is 29.2 Å². The third kappa shape index (κ3) is 15.9. The van der Waals surface area contributed by atoms with Crippen LogP contribution in [0.3, 0.4) is 0 Å². The molecule has 1 saturated heterocycles. The first-order chi connectivity index (χ1) is 32.7. The molecule has 3 aromatic carbocycles. The summed E-state index contributed by atoms with van der Waals surface area (Å²) in [6, 6.07) is 12.2. The van der Waals surface area contributed by atoms with Gasteiger partial charge in [0.25, 0.3) is 5.91 Å². The molecule has 0 aromatic heterocycles. The Morgan fingerprint density at radius 3 is 1.99 bits per heavy atom. The van der Waals surface area contributed by atoms with Crippen LogP contribution in [-0.2, 0) is 52.9 Å². The van der Waals surface area contributed by atoms with Crippen LogP contribution in [0.4, 0.5) is 23.2 Å². The van der Waals surface area contributed by atoms with E-state index in [1.807, 2.05) is 38.1 Å². The fraction of sp³-hybridized carbons (Fsp3) is 0.478. The number of nitrogens with zero attached hydrogens (tertiary/aromatic N) is 3. The maximum atomic E-state index is 13.6. The lowest BCUT2D eigenvalue weighted by atomic mass is 10.0. The van der Waals surface area contributed by atoms with E-state index in [9.17, 15) is 40.4 Å². The van der Waals surface area contributed by atoms with Crippen LogP contribution in [0.25, 0.3) is 17.2 Å². The standard InChI is InChI=1S/C46H57F4N5O12S/c1-3-12-55(66-4-2)46(58)35-23-34-9-8-33(25-39(34)53-40(51)26-35)32-6-5-7-36(24-32)68(59,60)54-29-31(30-54)28-52-41(56)10-13-61-15-17-63-19-21-65-22-20-64-18-16-62-14-11-42(57)67-45-43(49)37(47)27-38(48)44(45)50/h5-9,23-25,27,31H,3-4,10-22,26,28-30H2,1-2H3,(H2,51,53)(H,52,56). The van der Waals surface area contributed by atoms with Gasteiger partial charge in [0.05, 0.1) is 89.7 Å². The normalized spacial score (nSPS) is 14.1. The number of nitrogens with two attached hydrogens (primary N) is 1. The van der Waals surface area contributed by atoms with Gasteiger partial charge in [0.15, 0.2) is 11.6 Å². The number of fused-ring (bicyclic) bond motifs is 1. The van der Waals surface area contributed by atoms with Gasteiger partial charge in [0.2, 0.25) is 33.3 Å². The first-order valence-corrected chi connectivity index (χ1v) is 23.6. The fourth-order valence-electron chi connectivity index (χ4n) is 6.74. The van der Waals surface area contributed by atoms with Crippen LogP contribution in [0.15, 0.2) is 64.0 Å². The van der Waals surface area contributed by atoms with E-state index in [2.05, 4.69) is 15.0 Å². The molecule has 17 nitrogen and oxygen atoms in total. The maximum Gasteiger partial charge on any atom is 0.313 e.